The molecule has 4 N–H and O–H groups in total. The van der Waals surface area contributed by atoms with Crippen LogP contribution in [0, 0.1) is 5.92 Å². The van der Waals surface area contributed by atoms with Gasteiger partial charge in [0, 0.05) is 41.8 Å². The first-order valence-electron chi connectivity index (χ1n) is 15.6. The number of nitrogens with zero attached hydrogens (tertiary/aromatic N) is 2. The van der Waals surface area contributed by atoms with Gasteiger partial charge in [-0.3, -0.25) is 4.79 Å². The fourth-order valence-electron chi connectivity index (χ4n) is 5.59. The molecule has 0 saturated heterocycles. The molecule has 1 heterocycles. The Labute approximate surface area is 274 Å². The average molecular weight is 640 g/mol. The van der Waals surface area contributed by atoms with Crippen LogP contribution in [0.25, 0.3) is 10.8 Å². The van der Waals surface area contributed by atoms with Crippen molar-refractivity contribution < 1.29 is 29.0 Å². The van der Waals surface area contributed by atoms with Crippen molar-refractivity contribution in [3.05, 3.63) is 90.5 Å². The van der Waals surface area contributed by atoms with Crippen molar-refractivity contribution in [3.8, 4) is 11.5 Å². The highest BCUT2D eigenvalue weighted by molar-refractivity contribution is 6.06. The minimum Gasteiger partial charge on any atom is -0.497 e. The number of aliphatic hydroxyl groups excluding tert-OH is 1. The number of ether oxygens (including phenoxy) is 2. The molecule has 11 nitrogen and oxygen atoms in total. The summed E-state index contributed by atoms with van der Waals surface area (Å²) in [6.07, 6.45) is -0.485. The van der Waals surface area contributed by atoms with Crippen LogP contribution >= 0.6 is 0 Å². The lowest BCUT2D eigenvalue weighted by Crippen LogP contribution is -2.48. The summed E-state index contributed by atoms with van der Waals surface area (Å²) in [6.45, 7) is 4.11. The van der Waals surface area contributed by atoms with Crippen molar-refractivity contribution in [2.75, 3.05) is 49.8 Å². The third-order valence-corrected chi connectivity index (χ3v) is 8.35. The minimum atomic E-state index is -0.492. The van der Waals surface area contributed by atoms with E-state index in [0.717, 1.165) is 10.8 Å². The van der Waals surface area contributed by atoms with E-state index in [4.69, 9.17) is 9.47 Å². The lowest BCUT2D eigenvalue weighted by atomic mass is 10.0. The summed E-state index contributed by atoms with van der Waals surface area (Å²) in [5.74, 6) is 0.798. The number of hydrogen-bond acceptors (Lipinski definition) is 6. The van der Waals surface area contributed by atoms with Gasteiger partial charge in [0.25, 0.3) is 0 Å². The molecule has 0 radical (unpaired) electrons. The number of nitrogens with one attached hydrogen (secondary N) is 3. The molecule has 0 unspecified atom stereocenters. The minimum absolute atomic E-state index is 0.00731. The van der Waals surface area contributed by atoms with E-state index in [1.54, 1.807) is 68.4 Å². The third-order valence-electron chi connectivity index (χ3n) is 8.35. The van der Waals surface area contributed by atoms with E-state index in [0.29, 0.717) is 40.7 Å². The number of benzene rings is 4. The maximum absolute atomic E-state index is 13.6. The Kier molecular flexibility index (Phi) is 10.5. The second-order valence-corrected chi connectivity index (χ2v) is 11.9. The zero-order valence-electron chi connectivity index (χ0n) is 27.0. The number of hydrogen-bond donors (Lipinski definition) is 4. The summed E-state index contributed by atoms with van der Waals surface area (Å²) in [7, 11) is 3.26. The Morgan fingerprint density at radius 2 is 1.72 bits per heavy atom. The smallest absolute Gasteiger partial charge is 0.323 e. The van der Waals surface area contributed by atoms with E-state index in [9.17, 15) is 19.5 Å². The molecule has 3 atom stereocenters. The molecule has 4 aromatic rings. The topological polar surface area (TPSA) is 132 Å². The number of likely N-dealkylation sites (N-methyl/N-ethyl adjacent to an activating group) is 1. The molecule has 0 fully saturated rings. The van der Waals surface area contributed by atoms with Crippen LogP contribution in [0.15, 0.2) is 84.9 Å². The fraction of sp³-hybridized carbons (Fsp3) is 0.306. The van der Waals surface area contributed by atoms with Gasteiger partial charge >= 0.3 is 12.1 Å². The Morgan fingerprint density at radius 3 is 2.47 bits per heavy atom. The van der Waals surface area contributed by atoms with Gasteiger partial charge in [0.15, 0.2) is 0 Å². The van der Waals surface area contributed by atoms with E-state index in [2.05, 4.69) is 16.0 Å². The number of carbonyl (C=O) groups is 3. The highest BCUT2D eigenvalue weighted by atomic mass is 16.5. The largest absolute Gasteiger partial charge is 0.497 e. The summed E-state index contributed by atoms with van der Waals surface area (Å²) in [6, 6.07) is 24.5. The van der Waals surface area contributed by atoms with E-state index >= 15 is 0 Å². The number of carbonyl (C=O) groups excluding carboxylic acids is 3. The Balaban J connectivity index is 1.35. The van der Waals surface area contributed by atoms with E-state index in [-0.39, 0.29) is 37.4 Å². The van der Waals surface area contributed by atoms with Gasteiger partial charge in [-0.1, -0.05) is 43.3 Å². The second kappa shape index (κ2) is 14.9. The zero-order chi connectivity index (χ0) is 33.5. The number of urea groups is 2. The van der Waals surface area contributed by atoms with E-state index < -0.39 is 18.2 Å². The molecule has 0 aliphatic carbocycles. The van der Waals surface area contributed by atoms with Crippen molar-refractivity contribution in [1.29, 1.82) is 0 Å². The van der Waals surface area contributed by atoms with Gasteiger partial charge < -0.3 is 40.3 Å². The molecule has 1 aliphatic rings. The molecule has 11 heteroatoms. The van der Waals surface area contributed by atoms with Gasteiger partial charge in [0.05, 0.1) is 38.4 Å². The lowest BCUT2D eigenvalue weighted by Gasteiger charge is -2.34. The lowest BCUT2D eigenvalue weighted by molar-refractivity contribution is -0.134. The highest BCUT2D eigenvalue weighted by Crippen LogP contribution is 2.30. The average Bonchev–Trinajstić information content (AvgIpc) is 3.11. The number of fused-ring (bicyclic) bond motifs is 2. The van der Waals surface area contributed by atoms with Crippen LogP contribution in [-0.4, -0.2) is 78.9 Å². The summed E-state index contributed by atoms with van der Waals surface area (Å²) in [5.41, 5.74) is 2.36. The maximum atomic E-state index is 13.6. The third kappa shape index (κ3) is 8.11. The van der Waals surface area contributed by atoms with Crippen molar-refractivity contribution in [3.63, 3.8) is 0 Å². The normalized spacial score (nSPS) is 16.9. The van der Waals surface area contributed by atoms with Gasteiger partial charge in [-0.15, -0.1) is 0 Å². The summed E-state index contributed by atoms with van der Waals surface area (Å²) in [4.78, 5) is 43.0. The van der Waals surface area contributed by atoms with Crippen molar-refractivity contribution in [2.24, 2.45) is 5.92 Å². The molecule has 0 spiro atoms. The van der Waals surface area contributed by atoms with Crippen LogP contribution < -0.4 is 25.4 Å². The van der Waals surface area contributed by atoms with E-state index in [1.807, 2.05) is 49.4 Å². The molecular formula is C36H41N5O6. The number of aliphatic hydroxyl groups is 1. The van der Waals surface area contributed by atoms with Gasteiger partial charge in [-0.2, -0.15) is 0 Å². The SMILES string of the molecule is COc1ccc(NC(=O)N(C)C[C@@H]2Oc3ccc(NC(=O)Nc4cccc5ccccc45)cc3CC(=O)N([C@@H](C)CO)C[C@@H]2C)cc1. The van der Waals surface area contributed by atoms with Crippen molar-refractivity contribution in [2.45, 2.75) is 32.4 Å². The van der Waals surface area contributed by atoms with Crippen LogP contribution in [0.3, 0.4) is 0 Å². The molecule has 47 heavy (non-hydrogen) atoms. The monoisotopic (exact) mass is 639 g/mol. The quantitative estimate of drug-likeness (QED) is 0.193. The summed E-state index contributed by atoms with van der Waals surface area (Å²) < 4.78 is 11.7. The molecule has 5 rings (SSSR count). The van der Waals surface area contributed by atoms with Crippen molar-refractivity contribution >= 4 is 45.8 Å². The second-order valence-electron chi connectivity index (χ2n) is 11.9. The van der Waals surface area contributed by atoms with Crippen LogP contribution in [0.2, 0.25) is 0 Å². The molecule has 246 valence electrons. The molecular weight excluding hydrogens is 598 g/mol. The molecule has 4 aromatic carbocycles. The number of anilines is 3. The standard InChI is InChI=1S/C36H41N5O6/c1-23-20-41(24(2)22-42)34(43)19-26-18-28(37-35(44)39-31-11-7-9-25-8-5-6-10-30(25)31)14-17-32(26)47-33(23)21-40(3)36(45)38-27-12-15-29(46-4)16-13-27/h5-18,23-24,33,42H,19-22H2,1-4H3,(H,38,45)(H2,37,39,44)/t23-,24-,33-/m0/s1. The predicted molar refractivity (Wildman–Crippen MR) is 183 cm³/mol. The first kappa shape index (κ1) is 33.1. The van der Waals surface area contributed by atoms with Crippen LogP contribution in [0.1, 0.15) is 19.4 Å². The van der Waals surface area contributed by atoms with Gasteiger partial charge in [-0.05, 0) is 60.8 Å². The molecule has 0 saturated carbocycles. The van der Waals surface area contributed by atoms with Gasteiger partial charge in [0.1, 0.15) is 17.6 Å². The van der Waals surface area contributed by atoms with E-state index in [1.165, 1.54) is 4.90 Å². The first-order chi connectivity index (χ1) is 22.6. The molecule has 1 aliphatic heterocycles. The Morgan fingerprint density at radius 1 is 1.00 bits per heavy atom. The van der Waals surface area contributed by atoms with Gasteiger partial charge in [0.2, 0.25) is 5.91 Å². The summed E-state index contributed by atoms with van der Waals surface area (Å²) >= 11 is 0. The highest BCUT2D eigenvalue weighted by Gasteiger charge is 2.32. The molecule has 5 amide bonds. The van der Waals surface area contributed by atoms with Crippen LogP contribution in [-0.2, 0) is 11.2 Å². The van der Waals surface area contributed by atoms with Gasteiger partial charge in [-0.25, -0.2) is 9.59 Å². The Hall–Kier alpha value is -5.29. The number of amides is 5. The molecule has 0 bridgehead atoms. The fourth-order valence-corrected chi connectivity index (χ4v) is 5.59. The molecule has 0 aromatic heterocycles. The summed E-state index contributed by atoms with van der Waals surface area (Å²) in [5, 5.41) is 20.6. The number of rotatable bonds is 8. The maximum Gasteiger partial charge on any atom is 0.323 e. The van der Waals surface area contributed by atoms with Crippen LogP contribution in [0.4, 0.5) is 26.7 Å². The predicted octanol–water partition coefficient (Wildman–Crippen LogP) is 5.81. The Bertz CT molecular complexity index is 1720. The van der Waals surface area contributed by atoms with Crippen molar-refractivity contribution in [1.82, 2.24) is 9.80 Å². The first-order valence-corrected chi connectivity index (χ1v) is 15.6. The zero-order valence-corrected chi connectivity index (χ0v) is 27.0. The van der Waals surface area contributed by atoms with Crippen LogP contribution in [0.5, 0.6) is 11.5 Å². The number of methoxy groups -OCH3 is 1.